The van der Waals surface area contributed by atoms with Crippen molar-refractivity contribution in [2.45, 2.75) is 57.2 Å². The van der Waals surface area contributed by atoms with Crippen LogP contribution in [0.3, 0.4) is 0 Å². The number of hydrogen-bond donors (Lipinski definition) is 2. The van der Waals surface area contributed by atoms with Crippen LogP contribution >= 0.6 is 0 Å². The topological polar surface area (TPSA) is 66.4 Å². The van der Waals surface area contributed by atoms with Gasteiger partial charge in [0.15, 0.2) is 0 Å². The van der Waals surface area contributed by atoms with Crippen molar-refractivity contribution in [3.05, 3.63) is 0 Å². The Morgan fingerprint density at radius 3 is 2.24 bits per heavy atom. The Kier molecular flexibility index (Phi) is 4.78. The van der Waals surface area contributed by atoms with Crippen LogP contribution < -0.4 is 5.32 Å². The van der Waals surface area contributed by atoms with Crippen molar-refractivity contribution in [3.63, 3.8) is 0 Å². The molecule has 1 amide bonds. The molecule has 0 aromatic carbocycles. The monoisotopic (exact) mass is 307 g/mol. The predicted octanol–water partition coefficient (Wildman–Crippen LogP) is 2.72. The first-order chi connectivity index (χ1) is 9.77. The quantitative estimate of drug-likeness (QED) is 0.842. The molecular weight excluding hydrogens is 287 g/mol. The van der Waals surface area contributed by atoms with Gasteiger partial charge in [-0.15, -0.1) is 0 Å². The second-order valence-electron chi connectivity index (χ2n) is 6.16. The van der Waals surface area contributed by atoms with Crippen LogP contribution in [0.15, 0.2) is 0 Å². The zero-order valence-electron chi connectivity index (χ0n) is 11.7. The molecule has 120 valence electrons. The van der Waals surface area contributed by atoms with Gasteiger partial charge in [-0.25, -0.2) is 0 Å². The van der Waals surface area contributed by atoms with E-state index in [2.05, 4.69) is 5.32 Å². The Morgan fingerprint density at radius 1 is 1.00 bits per heavy atom. The van der Waals surface area contributed by atoms with Crippen molar-refractivity contribution < 1.29 is 27.9 Å². The number of nitrogens with one attached hydrogen (secondary N) is 1. The number of carboxylic acid groups (broad SMARTS) is 1. The molecule has 2 saturated carbocycles. The SMILES string of the molecule is O=C(O)[C@@H]1CC[C@H](C(=O)NC2CCCC(C(F)(F)F)C2)C1. The first-order valence-electron chi connectivity index (χ1n) is 7.37. The number of halogens is 3. The van der Waals surface area contributed by atoms with E-state index in [-0.39, 0.29) is 31.1 Å². The van der Waals surface area contributed by atoms with Crippen LogP contribution in [-0.2, 0) is 9.59 Å². The molecule has 4 nitrogen and oxygen atoms in total. The van der Waals surface area contributed by atoms with Crippen molar-refractivity contribution in [3.8, 4) is 0 Å². The smallest absolute Gasteiger partial charge is 0.391 e. The maximum atomic E-state index is 12.7. The van der Waals surface area contributed by atoms with Crippen LogP contribution in [-0.4, -0.2) is 29.2 Å². The number of hydrogen-bond acceptors (Lipinski definition) is 2. The normalized spacial score (nSPS) is 33.7. The van der Waals surface area contributed by atoms with Crippen LogP contribution in [0.5, 0.6) is 0 Å². The van der Waals surface area contributed by atoms with Crippen LogP contribution in [0.1, 0.15) is 44.9 Å². The van der Waals surface area contributed by atoms with E-state index in [4.69, 9.17) is 5.11 Å². The summed E-state index contributed by atoms with van der Waals surface area (Å²) < 4.78 is 38.1. The lowest BCUT2D eigenvalue weighted by atomic mass is 9.85. The van der Waals surface area contributed by atoms with Gasteiger partial charge in [0.05, 0.1) is 11.8 Å². The van der Waals surface area contributed by atoms with Crippen LogP contribution in [0, 0.1) is 17.8 Å². The average Bonchev–Trinajstić information content (AvgIpc) is 2.88. The van der Waals surface area contributed by atoms with Gasteiger partial charge in [-0.1, -0.05) is 6.42 Å². The Morgan fingerprint density at radius 2 is 1.67 bits per heavy atom. The van der Waals surface area contributed by atoms with E-state index in [0.29, 0.717) is 25.7 Å². The van der Waals surface area contributed by atoms with Gasteiger partial charge in [0.25, 0.3) is 0 Å². The summed E-state index contributed by atoms with van der Waals surface area (Å²) >= 11 is 0. The summed E-state index contributed by atoms with van der Waals surface area (Å²) in [6.07, 6.45) is -1.88. The summed E-state index contributed by atoms with van der Waals surface area (Å²) in [6, 6.07) is -0.443. The fourth-order valence-electron chi connectivity index (χ4n) is 3.38. The molecule has 4 atom stereocenters. The molecule has 0 saturated heterocycles. The van der Waals surface area contributed by atoms with Crippen molar-refractivity contribution in [1.29, 1.82) is 0 Å². The van der Waals surface area contributed by atoms with Gasteiger partial charge < -0.3 is 10.4 Å². The standard InChI is InChI=1S/C14H20F3NO3/c15-14(16,17)10-2-1-3-11(7-10)18-12(19)8-4-5-9(6-8)13(20)21/h8-11H,1-7H2,(H,18,19)(H,20,21)/t8-,9+,10?,11?/m0/s1. The van der Waals surface area contributed by atoms with Gasteiger partial charge in [0.2, 0.25) is 5.91 Å². The van der Waals surface area contributed by atoms with Crippen LogP contribution in [0.2, 0.25) is 0 Å². The van der Waals surface area contributed by atoms with Crippen molar-refractivity contribution in [2.24, 2.45) is 17.8 Å². The van der Waals surface area contributed by atoms with Crippen molar-refractivity contribution >= 4 is 11.9 Å². The van der Waals surface area contributed by atoms with Gasteiger partial charge in [-0.3, -0.25) is 9.59 Å². The molecule has 7 heteroatoms. The molecule has 0 radical (unpaired) electrons. The predicted molar refractivity (Wildman–Crippen MR) is 68.4 cm³/mol. The summed E-state index contributed by atoms with van der Waals surface area (Å²) in [5.41, 5.74) is 0. The lowest BCUT2D eigenvalue weighted by molar-refractivity contribution is -0.184. The van der Waals surface area contributed by atoms with Gasteiger partial charge in [0.1, 0.15) is 0 Å². The van der Waals surface area contributed by atoms with Crippen LogP contribution in [0.25, 0.3) is 0 Å². The molecule has 0 spiro atoms. The molecule has 2 aliphatic rings. The van der Waals surface area contributed by atoms with E-state index in [0.717, 1.165) is 0 Å². The number of alkyl halides is 3. The fourth-order valence-corrected chi connectivity index (χ4v) is 3.38. The lowest BCUT2D eigenvalue weighted by Gasteiger charge is -2.31. The third-order valence-corrected chi connectivity index (χ3v) is 4.64. The summed E-state index contributed by atoms with van der Waals surface area (Å²) in [5.74, 6) is -3.41. The average molecular weight is 307 g/mol. The number of amides is 1. The summed E-state index contributed by atoms with van der Waals surface area (Å²) in [5, 5.41) is 11.6. The fraction of sp³-hybridized carbons (Fsp3) is 0.857. The molecule has 2 fully saturated rings. The summed E-state index contributed by atoms with van der Waals surface area (Å²) in [7, 11) is 0. The van der Waals surface area contributed by atoms with Crippen LogP contribution in [0.4, 0.5) is 13.2 Å². The summed E-state index contributed by atoms with van der Waals surface area (Å²) in [6.45, 7) is 0. The molecule has 0 heterocycles. The van der Waals surface area contributed by atoms with E-state index in [1.54, 1.807) is 0 Å². The zero-order chi connectivity index (χ0) is 15.6. The second-order valence-corrected chi connectivity index (χ2v) is 6.16. The maximum absolute atomic E-state index is 12.7. The Hall–Kier alpha value is -1.27. The van der Waals surface area contributed by atoms with E-state index in [1.165, 1.54) is 0 Å². The van der Waals surface area contributed by atoms with Gasteiger partial charge in [-0.2, -0.15) is 13.2 Å². The minimum absolute atomic E-state index is 0.0652. The third-order valence-electron chi connectivity index (χ3n) is 4.64. The number of carbonyl (C=O) groups is 2. The zero-order valence-corrected chi connectivity index (χ0v) is 11.7. The van der Waals surface area contributed by atoms with Gasteiger partial charge in [0, 0.05) is 12.0 Å². The molecule has 21 heavy (non-hydrogen) atoms. The largest absolute Gasteiger partial charge is 0.481 e. The summed E-state index contributed by atoms with van der Waals surface area (Å²) in [4.78, 5) is 22.9. The highest BCUT2D eigenvalue weighted by molar-refractivity contribution is 5.81. The van der Waals surface area contributed by atoms with Crippen molar-refractivity contribution in [1.82, 2.24) is 5.32 Å². The molecule has 0 aromatic heterocycles. The molecule has 2 rings (SSSR count). The van der Waals surface area contributed by atoms with Crippen molar-refractivity contribution in [2.75, 3.05) is 0 Å². The number of aliphatic carboxylic acids is 1. The molecule has 0 bridgehead atoms. The first-order valence-corrected chi connectivity index (χ1v) is 7.37. The number of carbonyl (C=O) groups excluding carboxylic acids is 1. The number of rotatable bonds is 3. The number of carboxylic acids is 1. The first kappa shape index (κ1) is 16.1. The second kappa shape index (κ2) is 6.23. The minimum atomic E-state index is -4.20. The molecule has 2 unspecified atom stereocenters. The highest BCUT2D eigenvalue weighted by Crippen LogP contribution is 2.38. The van der Waals surface area contributed by atoms with E-state index < -0.39 is 30.0 Å². The minimum Gasteiger partial charge on any atom is -0.481 e. The van der Waals surface area contributed by atoms with E-state index in [9.17, 15) is 22.8 Å². The Bertz CT molecular complexity index is 411. The molecule has 0 aromatic rings. The van der Waals surface area contributed by atoms with E-state index in [1.807, 2.05) is 0 Å². The van der Waals surface area contributed by atoms with E-state index >= 15 is 0 Å². The Labute approximate surface area is 121 Å². The van der Waals surface area contributed by atoms with Gasteiger partial charge in [-0.05, 0) is 38.5 Å². The molecular formula is C14H20F3NO3. The highest BCUT2D eigenvalue weighted by atomic mass is 19.4. The van der Waals surface area contributed by atoms with Gasteiger partial charge >= 0.3 is 12.1 Å². The lowest BCUT2D eigenvalue weighted by Crippen LogP contribution is -2.43. The third kappa shape index (κ3) is 4.11. The highest BCUT2D eigenvalue weighted by Gasteiger charge is 2.43. The molecule has 2 aliphatic carbocycles. The molecule has 0 aliphatic heterocycles. The molecule has 2 N–H and O–H groups in total. The maximum Gasteiger partial charge on any atom is 0.391 e. The Balaban J connectivity index is 1.84.